The van der Waals surface area contributed by atoms with Gasteiger partial charge in [-0.1, -0.05) is 11.6 Å². The zero-order valence-electron chi connectivity index (χ0n) is 6.02. The van der Waals surface area contributed by atoms with Crippen LogP contribution in [0.15, 0.2) is 18.2 Å². The van der Waals surface area contributed by atoms with E-state index in [4.69, 9.17) is 11.6 Å². The van der Waals surface area contributed by atoms with Gasteiger partial charge in [-0.15, -0.1) is 0 Å². The van der Waals surface area contributed by atoms with Crippen LogP contribution in [-0.4, -0.2) is 6.41 Å². The minimum atomic E-state index is 0.666. The molecule has 0 bridgehead atoms. The molecule has 1 aromatic carbocycles. The van der Waals surface area contributed by atoms with Crippen molar-refractivity contribution >= 4 is 23.7 Å². The van der Waals surface area contributed by atoms with Crippen molar-refractivity contribution in [1.29, 1.82) is 0 Å². The Hall–Kier alpha value is -1.02. The van der Waals surface area contributed by atoms with Crippen LogP contribution < -0.4 is 5.32 Å². The van der Waals surface area contributed by atoms with Crippen molar-refractivity contribution in [1.82, 2.24) is 0 Å². The van der Waals surface area contributed by atoms with Crippen LogP contribution in [0.2, 0.25) is 5.02 Å². The number of aryl methyl sites for hydroxylation is 1. The maximum absolute atomic E-state index is 9.94. The average Bonchev–Trinajstić information content (AvgIpc) is 1.95. The fraction of sp³-hybridized carbons (Fsp3) is 0.125. The Bertz CT molecular complexity index is 273. The van der Waals surface area contributed by atoms with E-state index >= 15 is 0 Å². The molecule has 0 spiro atoms. The van der Waals surface area contributed by atoms with Crippen molar-refractivity contribution in [3.8, 4) is 0 Å². The number of rotatable bonds is 2. The lowest BCUT2D eigenvalue weighted by Crippen LogP contribution is -1.95. The molecule has 0 fully saturated rings. The third kappa shape index (κ3) is 1.95. The Kier molecular flexibility index (Phi) is 2.49. The number of hydrogen-bond acceptors (Lipinski definition) is 1. The number of anilines is 1. The molecule has 0 aliphatic rings. The number of nitrogens with one attached hydrogen (secondary N) is 1. The van der Waals surface area contributed by atoms with Crippen molar-refractivity contribution < 1.29 is 4.79 Å². The van der Waals surface area contributed by atoms with E-state index in [-0.39, 0.29) is 0 Å². The van der Waals surface area contributed by atoms with Gasteiger partial charge in [0, 0.05) is 10.7 Å². The summed E-state index contributed by atoms with van der Waals surface area (Å²) >= 11 is 5.69. The quantitative estimate of drug-likeness (QED) is 0.674. The minimum absolute atomic E-state index is 0.666. The van der Waals surface area contributed by atoms with Gasteiger partial charge in [0.2, 0.25) is 0 Å². The van der Waals surface area contributed by atoms with Crippen molar-refractivity contribution in [3.05, 3.63) is 28.8 Å². The van der Waals surface area contributed by atoms with E-state index in [2.05, 4.69) is 5.32 Å². The van der Waals surface area contributed by atoms with E-state index in [9.17, 15) is 4.79 Å². The van der Waals surface area contributed by atoms with Crippen LogP contribution in [-0.2, 0) is 4.79 Å². The van der Waals surface area contributed by atoms with Crippen LogP contribution in [0.4, 0.5) is 5.69 Å². The Balaban J connectivity index is 2.98. The van der Waals surface area contributed by atoms with Gasteiger partial charge in [-0.3, -0.25) is 4.79 Å². The summed E-state index contributed by atoms with van der Waals surface area (Å²) in [4.78, 5) is 9.94. The summed E-state index contributed by atoms with van der Waals surface area (Å²) in [6.07, 6.45) is 1.60. The summed E-state index contributed by atoms with van der Waals surface area (Å²) in [5, 5.41) is 3.10. The van der Waals surface area contributed by atoms with Gasteiger partial charge >= 0.3 is 6.41 Å². The summed E-state index contributed by atoms with van der Waals surface area (Å²) in [6.45, 7) is 1.87. The van der Waals surface area contributed by atoms with Gasteiger partial charge in [0.25, 0.3) is 0 Å². The van der Waals surface area contributed by atoms with Gasteiger partial charge in [0.1, 0.15) is 0 Å². The molecule has 0 aliphatic heterocycles. The molecule has 0 atom stereocenters. The van der Waals surface area contributed by atoms with E-state index in [1.54, 1.807) is 24.6 Å². The Morgan fingerprint density at radius 2 is 2.27 bits per heavy atom. The number of carbonyl (C=O) groups excluding carboxylic acids is 1. The molecule has 1 radical (unpaired) electrons. The van der Waals surface area contributed by atoms with E-state index in [1.165, 1.54) is 0 Å². The van der Waals surface area contributed by atoms with E-state index in [0.717, 1.165) is 11.3 Å². The molecule has 1 amide bonds. The van der Waals surface area contributed by atoms with E-state index < -0.39 is 0 Å². The smallest absolute Gasteiger partial charge is 0.314 e. The van der Waals surface area contributed by atoms with E-state index in [0.29, 0.717) is 5.02 Å². The molecule has 1 N–H and O–H groups in total. The SMILES string of the molecule is Cc1cc(Cl)ccc1N[C]=O. The summed E-state index contributed by atoms with van der Waals surface area (Å²) in [5.41, 5.74) is 1.67. The fourth-order valence-electron chi connectivity index (χ4n) is 0.822. The van der Waals surface area contributed by atoms with Gasteiger partial charge in [0.15, 0.2) is 0 Å². The predicted molar refractivity (Wildman–Crippen MR) is 45.5 cm³/mol. The van der Waals surface area contributed by atoms with Crippen LogP contribution in [0.5, 0.6) is 0 Å². The number of amides is 1. The third-order valence-corrected chi connectivity index (χ3v) is 1.61. The topological polar surface area (TPSA) is 29.1 Å². The highest BCUT2D eigenvalue weighted by Gasteiger charge is 1.96. The van der Waals surface area contributed by atoms with Crippen molar-refractivity contribution in [2.75, 3.05) is 5.32 Å². The second-order valence-corrected chi connectivity index (χ2v) is 2.62. The highest BCUT2D eigenvalue weighted by molar-refractivity contribution is 6.30. The largest absolute Gasteiger partial charge is 0.318 e. The Labute approximate surface area is 70.2 Å². The van der Waals surface area contributed by atoms with Crippen molar-refractivity contribution in [2.45, 2.75) is 6.92 Å². The maximum atomic E-state index is 9.94. The average molecular weight is 169 g/mol. The summed E-state index contributed by atoms with van der Waals surface area (Å²) < 4.78 is 0. The zero-order chi connectivity index (χ0) is 8.27. The second kappa shape index (κ2) is 3.39. The molecule has 0 aliphatic carbocycles. The fourth-order valence-corrected chi connectivity index (χ4v) is 1.05. The molecule has 1 rings (SSSR count). The van der Waals surface area contributed by atoms with Gasteiger partial charge < -0.3 is 5.32 Å². The first-order valence-electron chi connectivity index (χ1n) is 3.13. The van der Waals surface area contributed by atoms with Crippen LogP contribution in [0.3, 0.4) is 0 Å². The van der Waals surface area contributed by atoms with E-state index in [1.807, 2.05) is 6.92 Å². The van der Waals surface area contributed by atoms with Crippen LogP contribution in [0.1, 0.15) is 5.56 Å². The molecule has 0 aromatic heterocycles. The molecule has 0 heterocycles. The Morgan fingerprint density at radius 1 is 1.55 bits per heavy atom. The molecule has 0 unspecified atom stereocenters. The zero-order valence-corrected chi connectivity index (χ0v) is 6.77. The van der Waals surface area contributed by atoms with Crippen molar-refractivity contribution in [3.63, 3.8) is 0 Å². The van der Waals surface area contributed by atoms with Crippen LogP contribution >= 0.6 is 11.6 Å². The first kappa shape index (κ1) is 8.08. The summed E-state index contributed by atoms with van der Waals surface area (Å²) in [6, 6.07) is 5.23. The molecule has 11 heavy (non-hydrogen) atoms. The van der Waals surface area contributed by atoms with Gasteiger partial charge in [-0.25, -0.2) is 0 Å². The molecule has 3 heteroatoms. The number of benzene rings is 1. The van der Waals surface area contributed by atoms with Crippen LogP contribution in [0.25, 0.3) is 0 Å². The molecular formula is C8H7ClNO. The molecule has 0 saturated heterocycles. The first-order valence-corrected chi connectivity index (χ1v) is 3.51. The first-order chi connectivity index (χ1) is 5.24. The summed E-state index contributed by atoms with van der Waals surface area (Å²) in [5.74, 6) is 0. The monoisotopic (exact) mass is 168 g/mol. The van der Waals surface area contributed by atoms with Gasteiger partial charge in [0.05, 0.1) is 0 Å². The maximum Gasteiger partial charge on any atom is 0.314 e. The molecule has 57 valence electrons. The second-order valence-electron chi connectivity index (χ2n) is 2.19. The van der Waals surface area contributed by atoms with Crippen LogP contribution in [0, 0.1) is 6.92 Å². The lowest BCUT2D eigenvalue weighted by atomic mass is 10.2. The van der Waals surface area contributed by atoms with Gasteiger partial charge in [-0.2, -0.15) is 0 Å². The molecule has 0 saturated carbocycles. The predicted octanol–water partition coefficient (Wildman–Crippen LogP) is 2.13. The standard InChI is InChI=1S/C8H7ClNO/c1-6-4-7(9)2-3-8(6)10-5-11/h2-4H,1H3,(H,10,11). The lowest BCUT2D eigenvalue weighted by molar-refractivity contribution is 0.561. The van der Waals surface area contributed by atoms with Gasteiger partial charge in [-0.05, 0) is 30.7 Å². The number of halogens is 1. The molecule has 2 nitrogen and oxygen atoms in total. The highest BCUT2D eigenvalue weighted by atomic mass is 35.5. The highest BCUT2D eigenvalue weighted by Crippen LogP contribution is 2.18. The Morgan fingerprint density at radius 3 is 2.82 bits per heavy atom. The normalized spacial score (nSPS) is 9.27. The molecule has 1 aromatic rings. The molecular weight excluding hydrogens is 162 g/mol. The lowest BCUT2D eigenvalue weighted by Gasteiger charge is -2.01. The number of hydrogen-bond donors (Lipinski definition) is 1. The summed E-state index contributed by atoms with van der Waals surface area (Å²) in [7, 11) is 0. The van der Waals surface area contributed by atoms with Crippen molar-refractivity contribution in [2.24, 2.45) is 0 Å². The third-order valence-electron chi connectivity index (χ3n) is 1.37. The minimum Gasteiger partial charge on any atom is -0.318 e.